The van der Waals surface area contributed by atoms with Gasteiger partial charge in [0.1, 0.15) is 0 Å². The molecule has 22 heavy (non-hydrogen) atoms. The van der Waals surface area contributed by atoms with Gasteiger partial charge in [-0.15, -0.1) is 18.3 Å². The number of hydrogen-bond acceptors (Lipinski definition) is 2. The van der Waals surface area contributed by atoms with Crippen LogP contribution >= 0.6 is 23.5 Å². The van der Waals surface area contributed by atoms with Gasteiger partial charge in [-0.1, -0.05) is 76.5 Å². The summed E-state index contributed by atoms with van der Waals surface area (Å²) in [6, 6.07) is 0. The van der Waals surface area contributed by atoms with E-state index in [2.05, 4.69) is 56.1 Å². The van der Waals surface area contributed by atoms with Gasteiger partial charge in [0.15, 0.2) is 0 Å². The Hall–Kier alpha value is 0.180. The van der Waals surface area contributed by atoms with Gasteiger partial charge in [-0.3, -0.25) is 0 Å². The van der Waals surface area contributed by atoms with Crippen LogP contribution in [-0.2, 0) is 0 Å². The Morgan fingerprint density at radius 3 is 2.27 bits per heavy atom. The Bertz CT molecular complexity index is 316. The predicted molar refractivity (Wildman–Crippen MR) is 108 cm³/mol. The summed E-state index contributed by atoms with van der Waals surface area (Å²) in [4.78, 5) is 0. The molecule has 0 radical (unpaired) electrons. The molecule has 128 valence electrons. The Morgan fingerprint density at radius 1 is 1.09 bits per heavy atom. The molecule has 0 nitrogen and oxygen atoms in total. The molecule has 0 amide bonds. The van der Waals surface area contributed by atoms with Crippen molar-refractivity contribution in [1.29, 1.82) is 0 Å². The fourth-order valence-corrected chi connectivity index (χ4v) is 4.54. The maximum atomic E-state index is 3.87. The summed E-state index contributed by atoms with van der Waals surface area (Å²) in [6.45, 7) is 8.40. The molecule has 1 unspecified atom stereocenters. The molecule has 2 heterocycles. The van der Waals surface area contributed by atoms with Crippen LogP contribution in [0, 0.1) is 0 Å². The molecular weight excluding hydrogens is 304 g/mol. The summed E-state index contributed by atoms with van der Waals surface area (Å²) < 4.78 is 0.522. The summed E-state index contributed by atoms with van der Waals surface area (Å²) in [6.07, 6.45) is 18.5. The van der Waals surface area contributed by atoms with Gasteiger partial charge < -0.3 is 0 Å². The van der Waals surface area contributed by atoms with Crippen LogP contribution in [0.3, 0.4) is 0 Å². The summed E-state index contributed by atoms with van der Waals surface area (Å²) in [5.41, 5.74) is 1.70. The molecule has 1 saturated heterocycles. The predicted octanol–water partition coefficient (Wildman–Crippen LogP) is 7.26. The fourth-order valence-electron chi connectivity index (χ4n) is 2.69. The van der Waals surface area contributed by atoms with E-state index in [0.29, 0.717) is 4.75 Å². The lowest BCUT2D eigenvalue weighted by Gasteiger charge is -2.05. The van der Waals surface area contributed by atoms with Crippen molar-refractivity contribution in [1.82, 2.24) is 0 Å². The first-order valence-electron chi connectivity index (χ1n) is 9.29. The van der Waals surface area contributed by atoms with Crippen molar-refractivity contribution in [2.45, 2.75) is 82.8 Å². The first-order chi connectivity index (χ1) is 10.8. The minimum Gasteiger partial charge on any atom is -0.153 e. The highest BCUT2D eigenvalue weighted by Crippen LogP contribution is 2.49. The number of thioether (sulfide) groups is 2. The van der Waals surface area contributed by atoms with E-state index < -0.39 is 0 Å². The highest BCUT2D eigenvalue weighted by molar-refractivity contribution is 8.08. The Labute approximate surface area is 148 Å². The van der Waals surface area contributed by atoms with Crippen molar-refractivity contribution < 1.29 is 0 Å². The van der Waals surface area contributed by atoms with E-state index in [9.17, 15) is 0 Å². The lowest BCUT2D eigenvalue weighted by molar-refractivity contribution is 0.612. The van der Waals surface area contributed by atoms with E-state index in [-0.39, 0.29) is 0 Å². The number of unbranched alkanes of at least 4 members (excludes halogenated alkanes) is 6. The molecule has 0 saturated carbocycles. The molecule has 2 rings (SSSR count). The maximum absolute atomic E-state index is 3.87. The number of rotatable bonds is 11. The SMILES string of the molecule is C=CC1(CCCCCC)CS1.CCCCCCC1=CCSC1. The standard InChI is InChI=1S/2C10H18S/c1-3-5-6-7-8-10(4-2)9-11-10;1-2-3-4-5-6-10-7-8-11-9-10/h4H,2-3,5-9H2,1H3;7H,2-6,8-9H2,1H3. The molecule has 2 heteroatoms. The van der Waals surface area contributed by atoms with Gasteiger partial charge >= 0.3 is 0 Å². The van der Waals surface area contributed by atoms with Crippen LogP contribution in [0.15, 0.2) is 24.3 Å². The Morgan fingerprint density at radius 2 is 1.77 bits per heavy atom. The summed E-state index contributed by atoms with van der Waals surface area (Å²) in [5, 5.41) is 0. The van der Waals surface area contributed by atoms with Crippen molar-refractivity contribution in [3.63, 3.8) is 0 Å². The molecule has 0 N–H and O–H groups in total. The third kappa shape index (κ3) is 9.35. The zero-order chi connectivity index (χ0) is 16.1. The van der Waals surface area contributed by atoms with Crippen LogP contribution in [0.1, 0.15) is 78.1 Å². The molecule has 2 aliphatic rings. The topological polar surface area (TPSA) is 0 Å². The summed E-state index contributed by atoms with van der Waals surface area (Å²) in [7, 11) is 0. The monoisotopic (exact) mass is 340 g/mol. The van der Waals surface area contributed by atoms with Crippen LogP contribution in [-0.4, -0.2) is 22.0 Å². The molecule has 0 bridgehead atoms. The Balaban J connectivity index is 0.000000220. The molecule has 0 aromatic carbocycles. The summed E-state index contributed by atoms with van der Waals surface area (Å²) in [5.74, 6) is 3.90. The average molecular weight is 341 g/mol. The zero-order valence-electron chi connectivity index (χ0n) is 14.9. The van der Waals surface area contributed by atoms with E-state index in [0.717, 1.165) is 0 Å². The lowest BCUT2D eigenvalue weighted by atomic mass is 10.0. The number of hydrogen-bond donors (Lipinski definition) is 0. The van der Waals surface area contributed by atoms with Crippen LogP contribution in [0.25, 0.3) is 0 Å². The second-order valence-corrected chi connectivity index (χ2v) is 8.98. The van der Waals surface area contributed by atoms with Crippen molar-refractivity contribution in [2.75, 3.05) is 17.3 Å². The maximum Gasteiger partial charge on any atom is 0.0427 e. The molecule has 0 aromatic rings. The van der Waals surface area contributed by atoms with E-state index in [1.807, 2.05) is 0 Å². The molecule has 1 atom stereocenters. The van der Waals surface area contributed by atoms with E-state index in [1.165, 1.54) is 81.5 Å². The van der Waals surface area contributed by atoms with Crippen molar-refractivity contribution in [2.24, 2.45) is 0 Å². The minimum absolute atomic E-state index is 0.522. The summed E-state index contributed by atoms with van der Waals surface area (Å²) >= 11 is 4.11. The zero-order valence-corrected chi connectivity index (χ0v) is 16.5. The van der Waals surface area contributed by atoms with Crippen molar-refractivity contribution in [3.8, 4) is 0 Å². The van der Waals surface area contributed by atoms with Gasteiger partial charge in [0.25, 0.3) is 0 Å². The van der Waals surface area contributed by atoms with Gasteiger partial charge in [0.05, 0.1) is 0 Å². The van der Waals surface area contributed by atoms with E-state index >= 15 is 0 Å². The second kappa shape index (κ2) is 12.6. The third-order valence-electron chi connectivity index (χ3n) is 4.47. The molecule has 0 spiro atoms. The molecular formula is C20H36S2. The minimum atomic E-state index is 0.522. The van der Waals surface area contributed by atoms with E-state index in [1.54, 1.807) is 5.57 Å². The quantitative estimate of drug-likeness (QED) is 0.220. The average Bonchev–Trinajstić information content (AvgIpc) is 3.14. The van der Waals surface area contributed by atoms with Crippen LogP contribution in [0.2, 0.25) is 0 Å². The van der Waals surface area contributed by atoms with Gasteiger partial charge in [0.2, 0.25) is 0 Å². The van der Waals surface area contributed by atoms with E-state index in [4.69, 9.17) is 0 Å². The molecule has 2 aliphatic heterocycles. The smallest absolute Gasteiger partial charge is 0.0427 e. The molecule has 1 fully saturated rings. The first kappa shape index (κ1) is 20.2. The van der Waals surface area contributed by atoms with Gasteiger partial charge in [-0.05, 0) is 19.3 Å². The van der Waals surface area contributed by atoms with Gasteiger partial charge in [-0.2, -0.15) is 11.8 Å². The lowest BCUT2D eigenvalue weighted by Crippen LogP contribution is -2.02. The third-order valence-corrected chi connectivity index (χ3v) is 6.85. The molecule has 0 aliphatic carbocycles. The Kier molecular flexibility index (Phi) is 11.6. The van der Waals surface area contributed by atoms with Crippen molar-refractivity contribution >= 4 is 23.5 Å². The largest absolute Gasteiger partial charge is 0.153 e. The highest BCUT2D eigenvalue weighted by Gasteiger charge is 2.39. The molecule has 0 aromatic heterocycles. The highest BCUT2D eigenvalue weighted by atomic mass is 32.2. The fraction of sp³-hybridized carbons (Fsp3) is 0.800. The van der Waals surface area contributed by atoms with Crippen LogP contribution in [0.5, 0.6) is 0 Å². The van der Waals surface area contributed by atoms with Crippen molar-refractivity contribution in [3.05, 3.63) is 24.3 Å². The van der Waals surface area contributed by atoms with Crippen LogP contribution in [0.4, 0.5) is 0 Å². The second-order valence-electron chi connectivity index (χ2n) is 6.56. The first-order valence-corrected chi connectivity index (χ1v) is 11.4. The van der Waals surface area contributed by atoms with Gasteiger partial charge in [-0.25, -0.2) is 0 Å². The van der Waals surface area contributed by atoms with Gasteiger partial charge in [0, 0.05) is 22.0 Å². The normalized spacial score (nSPS) is 22.7. The van der Waals surface area contributed by atoms with Crippen LogP contribution < -0.4 is 0 Å².